The quantitative estimate of drug-likeness (QED) is 0.418. The molecule has 3 aromatic heterocycles. The molecule has 0 aliphatic heterocycles. The van der Waals surface area contributed by atoms with Gasteiger partial charge in [0.25, 0.3) is 5.91 Å². The Hall–Kier alpha value is -3.26. The molecule has 0 saturated carbocycles. The number of hydrogen-bond donors (Lipinski definition) is 2. The molecule has 3 heterocycles. The first-order valence-corrected chi connectivity index (χ1v) is 8.85. The van der Waals surface area contributed by atoms with E-state index in [1.807, 2.05) is 24.3 Å². The minimum absolute atomic E-state index is 0.159. The van der Waals surface area contributed by atoms with Crippen molar-refractivity contribution in [3.8, 4) is 0 Å². The average molecular weight is 362 g/mol. The number of aromatic amines is 1. The highest BCUT2D eigenvalue weighted by atomic mass is 32.2. The van der Waals surface area contributed by atoms with E-state index in [0.29, 0.717) is 5.56 Å². The van der Waals surface area contributed by atoms with E-state index in [4.69, 9.17) is 0 Å². The summed E-state index contributed by atoms with van der Waals surface area (Å²) >= 11 is 1.60. The Balaban J connectivity index is 1.46. The minimum Gasteiger partial charge on any atom is -0.322 e. The third kappa shape index (κ3) is 3.55. The summed E-state index contributed by atoms with van der Waals surface area (Å²) in [5, 5.41) is 11.5. The van der Waals surface area contributed by atoms with E-state index in [0.717, 1.165) is 33.1 Å². The molecule has 128 valence electrons. The lowest BCUT2D eigenvalue weighted by Crippen LogP contribution is -2.11. The molecule has 0 saturated heterocycles. The second-order valence-corrected chi connectivity index (χ2v) is 6.45. The van der Waals surface area contributed by atoms with Crippen LogP contribution in [0.15, 0.2) is 66.3 Å². The van der Waals surface area contributed by atoms with E-state index in [9.17, 15) is 4.79 Å². The fourth-order valence-electron chi connectivity index (χ4n) is 2.45. The lowest BCUT2D eigenvalue weighted by molar-refractivity contribution is 0.102. The van der Waals surface area contributed by atoms with Gasteiger partial charge >= 0.3 is 0 Å². The largest absolute Gasteiger partial charge is 0.322 e. The second-order valence-electron chi connectivity index (χ2n) is 5.49. The van der Waals surface area contributed by atoms with Gasteiger partial charge < -0.3 is 5.32 Å². The molecular weight excluding hydrogens is 348 g/mol. The van der Waals surface area contributed by atoms with Gasteiger partial charge in [0.05, 0.1) is 11.6 Å². The number of pyridine rings is 1. The highest BCUT2D eigenvalue weighted by Gasteiger charge is 2.08. The van der Waals surface area contributed by atoms with Crippen molar-refractivity contribution in [2.24, 2.45) is 0 Å². The number of nitrogens with zero attached hydrogens (tertiary/aromatic N) is 4. The van der Waals surface area contributed by atoms with E-state index in [1.165, 1.54) is 6.33 Å². The molecule has 7 nitrogen and oxygen atoms in total. The van der Waals surface area contributed by atoms with Crippen LogP contribution < -0.4 is 5.32 Å². The van der Waals surface area contributed by atoms with Crippen LogP contribution in [0.5, 0.6) is 0 Å². The molecule has 4 aromatic rings. The Bertz CT molecular complexity index is 1050. The number of nitrogens with one attached hydrogen (secondary N) is 2. The Morgan fingerprint density at radius 1 is 1.15 bits per heavy atom. The van der Waals surface area contributed by atoms with Crippen molar-refractivity contribution in [3.63, 3.8) is 0 Å². The second kappa shape index (κ2) is 7.32. The van der Waals surface area contributed by atoms with Gasteiger partial charge in [-0.2, -0.15) is 5.10 Å². The summed E-state index contributed by atoms with van der Waals surface area (Å²) in [7, 11) is 0. The van der Waals surface area contributed by atoms with Crippen molar-refractivity contribution in [2.75, 3.05) is 5.32 Å². The lowest BCUT2D eigenvalue weighted by atomic mass is 10.2. The van der Waals surface area contributed by atoms with E-state index in [1.54, 1.807) is 42.5 Å². The van der Waals surface area contributed by atoms with Crippen molar-refractivity contribution in [3.05, 3.63) is 72.4 Å². The summed E-state index contributed by atoms with van der Waals surface area (Å²) in [6.07, 6.45) is 6.44. The number of carbonyl (C=O) groups is 1. The molecule has 2 N–H and O–H groups in total. The number of rotatable bonds is 5. The van der Waals surface area contributed by atoms with Gasteiger partial charge in [-0.05, 0) is 29.8 Å². The fourth-order valence-corrected chi connectivity index (χ4v) is 3.36. The molecule has 0 atom stereocenters. The molecule has 0 aliphatic rings. The first-order chi connectivity index (χ1) is 12.8. The number of fused-ring (bicyclic) bond motifs is 1. The van der Waals surface area contributed by atoms with Gasteiger partial charge in [0, 0.05) is 29.4 Å². The summed E-state index contributed by atoms with van der Waals surface area (Å²) in [6.45, 7) is 0. The van der Waals surface area contributed by atoms with Gasteiger partial charge in [-0.3, -0.25) is 14.9 Å². The van der Waals surface area contributed by atoms with E-state index in [-0.39, 0.29) is 5.91 Å². The van der Waals surface area contributed by atoms with Crippen LogP contribution in [0.25, 0.3) is 11.0 Å². The van der Waals surface area contributed by atoms with Crippen molar-refractivity contribution < 1.29 is 4.79 Å². The molecule has 1 aromatic carbocycles. The zero-order chi connectivity index (χ0) is 17.8. The number of amides is 1. The number of carbonyl (C=O) groups excluding carboxylic acids is 1. The van der Waals surface area contributed by atoms with Gasteiger partial charge in [-0.25, -0.2) is 9.97 Å². The molecule has 0 bridgehead atoms. The van der Waals surface area contributed by atoms with Crippen LogP contribution in [0.1, 0.15) is 15.9 Å². The number of benzene rings is 1. The Labute approximate surface area is 153 Å². The van der Waals surface area contributed by atoms with Crippen LogP contribution in [0.2, 0.25) is 0 Å². The molecular formula is C18H14N6OS. The average Bonchev–Trinajstić information content (AvgIpc) is 3.17. The molecule has 1 amide bonds. The van der Waals surface area contributed by atoms with Gasteiger partial charge in [0.15, 0.2) is 5.65 Å². The van der Waals surface area contributed by atoms with Crippen LogP contribution in [-0.2, 0) is 5.75 Å². The predicted molar refractivity (Wildman–Crippen MR) is 99.9 cm³/mol. The van der Waals surface area contributed by atoms with Crippen LogP contribution >= 0.6 is 11.8 Å². The number of hydrogen-bond acceptors (Lipinski definition) is 6. The monoisotopic (exact) mass is 362 g/mol. The summed E-state index contributed by atoms with van der Waals surface area (Å²) < 4.78 is 0. The lowest BCUT2D eigenvalue weighted by Gasteiger charge is -2.07. The molecule has 0 aliphatic carbocycles. The Morgan fingerprint density at radius 3 is 2.92 bits per heavy atom. The van der Waals surface area contributed by atoms with Crippen molar-refractivity contribution in [1.29, 1.82) is 0 Å². The molecule has 26 heavy (non-hydrogen) atoms. The van der Waals surface area contributed by atoms with Crippen LogP contribution in [0.4, 0.5) is 5.69 Å². The zero-order valence-electron chi connectivity index (χ0n) is 13.6. The summed E-state index contributed by atoms with van der Waals surface area (Å²) in [4.78, 5) is 24.6. The zero-order valence-corrected chi connectivity index (χ0v) is 14.4. The van der Waals surface area contributed by atoms with Crippen molar-refractivity contribution >= 4 is 34.4 Å². The smallest absolute Gasteiger partial charge is 0.255 e. The highest BCUT2D eigenvalue weighted by Crippen LogP contribution is 2.27. The van der Waals surface area contributed by atoms with Crippen molar-refractivity contribution in [1.82, 2.24) is 25.1 Å². The maximum atomic E-state index is 12.3. The Morgan fingerprint density at radius 2 is 2.04 bits per heavy atom. The number of thioether (sulfide) groups is 1. The van der Waals surface area contributed by atoms with Crippen LogP contribution in [0.3, 0.4) is 0 Å². The third-order valence-electron chi connectivity index (χ3n) is 3.71. The normalized spacial score (nSPS) is 10.8. The summed E-state index contributed by atoms with van der Waals surface area (Å²) in [6, 6.07) is 11.1. The van der Waals surface area contributed by atoms with Gasteiger partial charge in [0.2, 0.25) is 0 Å². The standard InChI is InChI=1S/C18H14N6OS/c25-17(13-4-6-19-7-5-13)23-14-3-1-2-12(8-14)10-26-18-15-9-22-24-16(15)20-11-21-18/h1-9,11H,10H2,(H,23,25)(H,20,21,22,24). The molecule has 0 radical (unpaired) electrons. The SMILES string of the molecule is O=C(Nc1cccc(CSc2ncnc3[nH]ncc23)c1)c1ccncc1. The molecule has 0 unspecified atom stereocenters. The summed E-state index contributed by atoms with van der Waals surface area (Å²) in [5.74, 6) is 0.559. The van der Waals surface area contributed by atoms with E-state index >= 15 is 0 Å². The maximum absolute atomic E-state index is 12.3. The number of H-pyrrole nitrogens is 1. The molecule has 0 fully saturated rings. The molecule has 8 heteroatoms. The molecule has 0 spiro atoms. The minimum atomic E-state index is -0.159. The van der Waals surface area contributed by atoms with Gasteiger partial charge in [-0.15, -0.1) is 11.8 Å². The predicted octanol–water partition coefficient (Wildman–Crippen LogP) is 3.29. The first-order valence-electron chi connectivity index (χ1n) is 7.87. The fraction of sp³-hybridized carbons (Fsp3) is 0.0556. The third-order valence-corrected chi connectivity index (χ3v) is 4.79. The van der Waals surface area contributed by atoms with Gasteiger partial charge in [0.1, 0.15) is 11.4 Å². The highest BCUT2D eigenvalue weighted by molar-refractivity contribution is 7.98. The van der Waals surface area contributed by atoms with Gasteiger partial charge in [-0.1, -0.05) is 12.1 Å². The van der Waals surface area contributed by atoms with Crippen molar-refractivity contribution in [2.45, 2.75) is 10.8 Å². The first kappa shape index (κ1) is 16.2. The van der Waals surface area contributed by atoms with E-state index < -0.39 is 0 Å². The van der Waals surface area contributed by atoms with Crippen LogP contribution in [0, 0.1) is 0 Å². The maximum Gasteiger partial charge on any atom is 0.255 e. The summed E-state index contributed by atoms with van der Waals surface area (Å²) in [5.41, 5.74) is 3.13. The van der Waals surface area contributed by atoms with E-state index in [2.05, 4.69) is 30.5 Å². The molecule has 4 rings (SSSR count). The number of aromatic nitrogens is 5. The Kier molecular flexibility index (Phi) is 4.57. The topological polar surface area (TPSA) is 96.5 Å². The van der Waals surface area contributed by atoms with Crippen LogP contribution in [-0.4, -0.2) is 31.1 Å². The number of anilines is 1.